The molecular weight excluding hydrogens is 294 g/mol. The van der Waals surface area contributed by atoms with Gasteiger partial charge in [0, 0.05) is 41.9 Å². The van der Waals surface area contributed by atoms with Gasteiger partial charge in [-0.05, 0) is 6.42 Å². The quantitative estimate of drug-likeness (QED) is 0.941. The van der Waals surface area contributed by atoms with Gasteiger partial charge in [0.2, 0.25) is 0 Å². The summed E-state index contributed by atoms with van der Waals surface area (Å²) in [5, 5.41) is 9.43. The molecular formula is C16H25N5S. The van der Waals surface area contributed by atoms with E-state index >= 15 is 0 Å². The highest BCUT2D eigenvalue weighted by Crippen LogP contribution is 2.26. The van der Waals surface area contributed by atoms with Crippen LogP contribution in [0.1, 0.15) is 55.6 Å². The van der Waals surface area contributed by atoms with Crippen molar-refractivity contribution in [3.8, 4) is 0 Å². The lowest BCUT2D eigenvalue weighted by atomic mass is 9.98. The molecule has 0 unspecified atom stereocenters. The number of aryl methyl sites for hydroxylation is 2. The average Bonchev–Trinajstić information content (AvgIpc) is 3.10. The molecule has 22 heavy (non-hydrogen) atoms. The molecule has 1 aliphatic heterocycles. The van der Waals surface area contributed by atoms with Crippen LogP contribution in [-0.2, 0) is 31.3 Å². The van der Waals surface area contributed by atoms with E-state index in [9.17, 15) is 0 Å². The second kappa shape index (κ2) is 6.08. The lowest BCUT2D eigenvalue weighted by molar-refractivity contribution is 0.358. The van der Waals surface area contributed by atoms with E-state index < -0.39 is 0 Å². The van der Waals surface area contributed by atoms with E-state index in [1.165, 1.54) is 9.88 Å². The van der Waals surface area contributed by atoms with E-state index in [0.29, 0.717) is 6.04 Å². The van der Waals surface area contributed by atoms with Crippen molar-refractivity contribution in [1.82, 2.24) is 25.1 Å². The van der Waals surface area contributed by atoms with Crippen molar-refractivity contribution in [1.29, 1.82) is 0 Å². The normalized spacial score (nSPS) is 18.5. The number of aromatic nitrogens is 4. The minimum absolute atomic E-state index is 0.139. The second-order valence-corrected chi connectivity index (χ2v) is 8.09. The molecule has 3 rings (SSSR count). The van der Waals surface area contributed by atoms with E-state index in [1.54, 1.807) is 0 Å². The Hall–Kier alpha value is -1.27. The molecule has 1 aliphatic rings. The highest BCUT2D eigenvalue weighted by atomic mass is 32.1. The molecule has 3 heterocycles. The van der Waals surface area contributed by atoms with Crippen LogP contribution >= 0.6 is 11.3 Å². The summed E-state index contributed by atoms with van der Waals surface area (Å²) in [5.74, 6) is 2.11. The summed E-state index contributed by atoms with van der Waals surface area (Å²) in [7, 11) is 0. The number of hydrogen-bond acceptors (Lipinski definition) is 5. The maximum atomic E-state index is 4.57. The van der Waals surface area contributed by atoms with Crippen molar-refractivity contribution in [2.45, 2.75) is 71.5 Å². The van der Waals surface area contributed by atoms with Gasteiger partial charge < -0.3 is 5.32 Å². The first-order valence-electron chi connectivity index (χ1n) is 8.07. The Morgan fingerprint density at radius 1 is 1.41 bits per heavy atom. The molecule has 1 N–H and O–H groups in total. The molecule has 120 valence electrons. The molecule has 0 saturated heterocycles. The molecule has 5 nitrogen and oxygen atoms in total. The Morgan fingerprint density at radius 2 is 2.23 bits per heavy atom. The summed E-state index contributed by atoms with van der Waals surface area (Å²) >= 11 is 1.81. The number of thiazole rings is 1. The minimum atomic E-state index is 0.139. The molecule has 6 heteroatoms. The van der Waals surface area contributed by atoms with Crippen LogP contribution in [0, 0.1) is 0 Å². The van der Waals surface area contributed by atoms with Gasteiger partial charge in [-0.15, -0.1) is 11.3 Å². The van der Waals surface area contributed by atoms with Gasteiger partial charge in [0.25, 0.3) is 0 Å². The monoisotopic (exact) mass is 319 g/mol. The van der Waals surface area contributed by atoms with Gasteiger partial charge in [-0.2, -0.15) is 5.10 Å². The SMILES string of the molecule is CCc1nc2n(n1)C[C@@H](NCc1cnc(C(C)(C)C)s1)CC2. The molecule has 0 aliphatic carbocycles. The lowest BCUT2D eigenvalue weighted by Gasteiger charge is -2.23. The zero-order valence-electron chi connectivity index (χ0n) is 13.9. The van der Waals surface area contributed by atoms with Crippen molar-refractivity contribution in [2.75, 3.05) is 0 Å². The highest BCUT2D eigenvalue weighted by molar-refractivity contribution is 7.11. The lowest BCUT2D eigenvalue weighted by Crippen LogP contribution is -2.37. The first-order chi connectivity index (χ1) is 10.5. The minimum Gasteiger partial charge on any atom is -0.307 e. The molecule has 0 amide bonds. The molecule has 0 fully saturated rings. The number of hydrogen-bond donors (Lipinski definition) is 1. The predicted octanol–water partition coefficient (Wildman–Crippen LogP) is 2.70. The zero-order valence-corrected chi connectivity index (χ0v) is 14.7. The molecule has 0 spiro atoms. The fraction of sp³-hybridized carbons (Fsp3) is 0.688. The summed E-state index contributed by atoms with van der Waals surface area (Å²) in [6.07, 6.45) is 5.07. The van der Waals surface area contributed by atoms with Crippen molar-refractivity contribution in [3.63, 3.8) is 0 Å². The third kappa shape index (κ3) is 3.38. The van der Waals surface area contributed by atoms with E-state index in [2.05, 4.69) is 52.8 Å². The van der Waals surface area contributed by atoms with Crippen LogP contribution in [0.5, 0.6) is 0 Å². The average molecular weight is 319 g/mol. The van der Waals surface area contributed by atoms with Gasteiger partial charge in [0.1, 0.15) is 5.82 Å². The van der Waals surface area contributed by atoms with E-state index in [-0.39, 0.29) is 5.41 Å². The van der Waals surface area contributed by atoms with Crippen molar-refractivity contribution >= 4 is 11.3 Å². The fourth-order valence-corrected chi connectivity index (χ4v) is 3.58. The Bertz CT molecular complexity index is 637. The van der Waals surface area contributed by atoms with Crippen LogP contribution in [0.2, 0.25) is 0 Å². The largest absolute Gasteiger partial charge is 0.307 e. The standard InChI is InChI=1S/C16H25N5S/c1-5-13-19-14-7-6-11(10-21(14)20-13)17-8-12-9-18-15(22-12)16(2,3)4/h9,11,17H,5-8,10H2,1-4H3/t11-/m0/s1. The van der Waals surface area contributed by atoms with Gasteiger partial charge in [-0.1, -0.05) is 27.7 Å². The third-order valence-electron chi connectivity index (χ3n) is 3.98. The first-order valence-corrected chi connectivity index (χ1v) is 8.88. The number of nitrogens with one attached hydrogen (secondary N) is 1. The third-order valence-corrected chi connectivity index (χ3v) is 5.40. The number of rotatable bonds is 4. The molecule has 2 aromatic rings. The van der Waals surface area contributed by atoms with E-state index in [0.717, 1.165) is 44.0 Å². The van der Waals surface area contributed by atoms with Crippen molar-refractivity contribution in [2.24, 2.45) is 0 Å². The molecule has 0 aromatic carbocycles. The topological polar surface area (TPSA) is 55.6 Å². The predicted molar refractivity (Wildman–Crippen MR) is 89.2 cm³/mol. The molecule has 0 saturated carbocycles. The highest BCUT2D eigenvalue weighted by Gasteiger charge is 2.22. The summed E-state index contributed by atoms with van der Waals surface area (Å²) in [4.78, 5) is 10.4. The van der Waals surface area contributed by atoms with E-state index in [4.69, 9.17) is 0 Å². The zero-order chi connectivity index (χ0) is 15.7. The van der Waals surface area contributed by atoms with Gasteiger partial charge in [0.05, 0.1) is 11.6 Å². The van der Waals surface area contributed by atoms with Crippen LogP contribution in [-0.4, -0.2) is 25.8 Å². The summed E-state index contributed by atoms with van der Waals surface area (Å²) in [6, 6.07) is 0.471. The van der Waals surface area contributed by atoms with Crippen molar-refractivity contribution < 1.29 is 0 Å². The van der Waals surface area contributed by atoms with Gasteiger partial charge in [0.15, 0.2) is 5.82 Å². The summed E-state index contributed by atoms with van der Waals surface area (Å²) in [6.45, 7) is 10.6. The fourth-order valence-electron chi connectivity index (χ4n) is 2.66. The summed E-state index contributed by atoms with van der Waals surface area (Å²) < 4.78 is 2.08. The van der Waals surface area contributed by atoms with Crippen LogP contribution in [0.4, 0.5) is 0 Å². The Labute approximate surface area is 136 Å². The summed E-state index contributed by atoms with van der Waals surface area (Å²) in [5.41, 5.74) is 0.139. The van der Waals surface area contributed by atoms with Crippen molar-refractivity contribution in [3.05, 3.63) is 27.7 Å². The Kier molecular flexibility index (Phi) is 4.32. The molecule has 0 radical (unpaired) electrons. The molecule has 2 aromatic heterocycles. The molecule has 0 bridgehead atoms. The number of fused-ring (bicyclic) bond motifs is 1. The smallest absolute Gasteiger partial charge is 0.150 e. The van der Waals surface area contributed by atoms with Crippen LogP contribution in [0.3, 0.4) is 0 Å². The maximum absolute atomic E-state index is 4.57. The van der Waals surface area contributed by atoms with Crippen LogP contribution < -0.4 is 5.32 Å². The van der Waals surface area contributed by atoms with E-state index in [1.807, 2.05) is 17.5 Å². The maximum Gasteiger partial charge on any atom is 0.150 e. The van der Waals surface area contributed by atoms with Crippen LogP contribution in [0.25, 0.3) is 0 Å². The van der Waals surface area contributed by atoms with Gasteiger partial charge in [-0.25, -0.2) is 14.6 Å². The Balaban J connectivity index is 1.57. The van der Waals surface area contributed by atoms with Gasteiger partial charge >= 0.3 is 0 Å². The number of nitrogens with zero attached hydrogens (tertiary/aromatic N) is 4. The van der Waals surface area contributed by atoms with Gasteiger partial charge in [-0.3, -0.25) is 0 Å². The molecule has 1 atom stereocenters. The first kappa shape index (κ1) is 15.6. The van der Waals surface area contributed by atoms with Crippen LogP contribution in [0.15, 0.2) is 6.20 Å². The Morgan fingerprint density at radius 3 is 2.91 bits per heavy atom. The second-order valence-electron chi connectivity index (χ2n) is 6.98.